The number of benzene rings is 2. The zero-order chi connectivity index (χ0) is 23.1. The van der Waals surface area contributed by atoms with Gasteiger partial charge in [0.05, 0.1) is 37.1 Å². The Morgan fingerprint density at radius 1 is 1.03 bits per heavy atom. The number of esters is 2. The number of hydrogen-bond acceptors (Lipinski definition) is 8. The standard InChI is InChI=1S/C22H22N2O6S2/c1-28-15-5-7-16(8-6-15)31-11-10-19(25)23-22-24(13-20(26)29-2)17-9-4-14(21(27)30-3)12-18(17)32-22/h4-9,12H,10-11,13H2,1-3H3. The molecule has 10 heteroatoms. The van der Waals surface area contributed by atoms with Crippen LogP contribution in [0.3, 0.4) is 0 Å². The second kappa shape index (κ2) is 11.0. The van der Waals surface area contributed by atoms with E-state index in [2.05, 4.69) is 4.99 Å². The van der Waals surface area contributed by atoms with Gasteiger partial charge in [0.25, 0.3) is 0 Å². The Hall–Kier alpha value is -3.11. The molecule has 3 rings (SSSR count). The summed E-state index contributed by atoms with van der Waals surface area (Å²) in [5.41, 5.74) is 1.05. The maximum atomic E-state index is 12.5. The quantitative estimate of drug-likeness (QED) is 0.365. The van der Waals surface area contributed by atoms with Crippen LogP contribution in [-0.4, -0.2) is 49.5 Å². The van der Waals surface area contributed by atoms with Gasteiger partial charge in [-0.1, -0.05) is 11.3 Å². The van der Waals surface area contributed by atoms with E-state index in [1.54, 1.807) is 41.6 Å². The van der Waals surface area contributed by atoms with Gasteiger partial charge in [-0.2, -0.15) is 4.99 Å². The first-order valence-electron chi connectivity index (χ1n) is 9.58. The van der Waals surface area contributed by atoms with Crippen LogP contribution in [0.5, 0.6) is 5.75 Å². The van der Waals surface area contributed by atoms with E-state index in [0.29, 0.717) is 26.3 Å². The molecule has 3 aromatic rings. The van der Waals surface area contributed by atoms with Crippen molar-refractivity contribution in [1.29, 1.82) is 0 Å². The number of rotatable bonds is 8. The predicted octanol–water partition coefficient (Wildman–Crippen LogP) is 3.28. The van der Waals surface area contributed by atoms with Crippen LogP contribution >= 0.6 is 23.1 Å². The Bertz CT molecular complexity index is 1200. The highest BCUT2D eigenvalue weighted by Gasteiger charge is 2.14. The van der Waals surface area contributed by atoms with Crippen molar-refractivity contribution >= 4 is 51.2 Å². The van der Waals surface area contributed by atoms with E-state index in [1.165, 1.54) is 25.6 Å². The molecule has 0 bridgehead atoms. The summed E-state index contributed by atoms with van der Waals surface area (Å²) >= 11 is 2.76. The number of methoxy groups -OCH3 is 3. The van der Waals surface area contributed by atoms with Crippen LogP contribution < -0.4 is 9.54 Å². The van der Waals surface area contributed by atoms with E-state index in [0.717, 1.165) is 10.6 Å². The Labute approximate surface area is 192 Å². The van der Waals surface area contributed by atoms with Gasteiger partial charge in [0.15, 0.2) is 4.80 Å². The fraction of sp³-hybridized carbons (Fsp3) is 0.273. The molecule has 0 aliphatic carbocycles. The molecule has 0 unspecified atom stereocenters. The number of nitrogens with zero attached hydrogens (tertiary/aromatic N) is 2. The Balaban J connectivity index is 1.81. The van der Waals surface area contributed by atoms with Gasteiger partial charge >= 0.3 is 11.9 Å². The molecule has 0 radical (unpaired) electrons. The first-order valence-corrected chi connectivity index (χ1v) is 11.4. The summed E-state index contributed by atoms with van der Waals surface area (Å²) in [6.07, 6.45) is 0.233. The van der Waals surface area contributed by atoms with Gasteiger partial charge in [0.1, 0.15) is 12.3 Å². The summed E-state index contributed by atoms with van der Waals surface area (Å²) in [4.78, 5) is 41.9. The number of fused-ring (bicyclic) bond motifs is 1. The summed E-state index contributed by atoms with van der Waals surface area (Å²) in [5.74, 6) is 0.0963. The van der Waals surface area contributed by atoms with Crippen LogP contribution in [0.4, 0.5) is 0 Å². The normalized spacial score (nSPS) is 11.4. The Morgan fingerprint density at radius 3 is 2.44 bits per heavy atom. The highest BCUT2D eigenvalue weighted by atomic mass is 32.2. The molecule has 0 atom stereocenters. The molecule has 0 fully saturated rings. The van der Waals surface area contributed by atoms with Crippen LogP contribution in [0.1, 0.15) is 16.8 Å². The molecule has 1 heterocycles. The van der Waals surface area contributed by atoms with Gasteiger partial charge in [-0.25, -0.2) is 4.79 Å². The molecular formula is C22H22N2O6S2. The number of thiazole rings is 1. The number of ether oxygens (including phenoxy) is 3. The van der Waals surface area contributed by atoms with Gasteiger partial charge in [-0.15, -0.1) is 11.8 Å². The minimum absolute atomic E-state index is 0.0964. The van der Waals surface area contributed by atoms with Crippen molar-refractivity contribution in [1.82, 2.24) is 4.57 Å². The van der Waals surface area contributed by atoms with E-state index in [1.807, 2.05) is 24.3 Å². The van der Waals surface area contributed by atoms with Crippen molar-refractivity contribution in [2.45, 2.75) is 17.9 Å². The minimum Gasteiger partial charge on any atom is -0.497 e. The third-order valence-corrected chi connectivity index (χ3v) is 6.54. The largest absolute Gasteiger partial charge is 0.497 e. The summed E-state index contributed by atoms with van der Waals surface area (Å²) in [7, 11) is 4.21. The lowest BCUT2D eigenvalue weighted by molar-refractivity contribution is -0.141. The molecule has 0 N–H and O–H groups in total. The van der Waals surface area contributed by atoms with E-state index < -0.39 is 11.9 Å². The SMILES string of the molecule is COC(=O)Cn1c(=NC(=O)CCSc2ccc(OC)cc2)sc2cc(C(=O)OC)ccc21. The maximum Gasteiger partial charge on any atom is 0.337 e. The third-order valence-electron chi connectivity index (χ3n) is 4.48. The highest BCUT2D eigenvalue weighted by molar-refractivity contribution is 7.99. The lowest BCUT2D eigenvalue weighted by Crippen LogP contribution is -2.22. The third kappa shape index (κ3) is 5.77. The van der Waals surface area contributed by atoms with Crippen molar-refractivity contribution in [3.8, 4) is 5.75 Å². The number of carbonyl (C=O) groups is 3. The first kappa shape index (κ1) is 23.6. The second-order valence-electron chi connectivity index (χ2n) is 6.50. The van der Waals surface area contributed by atoms with Gasteiger partial charge in [0.2, 0.25) is 5.91 Å². The summed E-state index contributed by atoms with van der Waals surface area (Å²) in [5, 5.41) is 0. The average molecular weight is 475 g/mol. The molecule has 0 saturated carbocycles. The summed E-state index contributed by atoms with van der Waals surface area (Å²) in [6.45, 7) is -0.0964. The zero-order valence-electron chi connectivity index (χ0n) is 17.8. The van der Waals surface area contributed by atoms with Crippen molar-refractivity contribution in [2.24, 2.45) is 4.99 Å². The number of carbonyl (C=O) groups excluding carboxylic acids is 3. The van der Waals surface area contributed by atoms with Crippen molar-refractivity contribution in [3.05, 3.63) is 52.8 Å². The maximum absolute atomic E-state index is 12.5. The van der Waals surface area contributed by atoms with E-state index in [4.69, 9.17) is 14.2 Å². The summed E-state index contributed by atoms with van der Waals surface area (Å²) < 4.78 is 17.0. The highest BCUT2D eigenvalue weighted by Crippen LogP contribution is 2.22. The van der Waals surface area contributed by atoms with Crippen LogP contribution in [0, 0.1) is 0 Å². The van der Waals surface area contributed by atoms with E-state index in [9.17, 15) is 14.4 Å². The number of aromatic nitrogens is 1. The van der Waals surface area contributed by atoms with Crippen molar-refractivity contribution < 1.29 is 28.6 Å². The van der Waals surface area contributed by atoms with Crippen molar-refractivity contribution in [2.75, 3.05) is 27.1 Å². The topological polar surface area (TPSA) is 96.2 Å². The molecule has 0 aliphatic rings. The van der Waals surface area contributed by atoms with Crippen LogP contribution in [-0.2, 0) is 25.6 Å². The minimum atomic E-state index is -0.468. The van der Waals surface area contributed by atoms with E-state index >= 15 is 0 Å². The zero-order valence-corrected chi connectivity index (χ0v) is 19.5. The molecule has 0 saturated heterocycles. The van der Waals surface area contributed by atoms with Crippen LogP contribution in [0.2, 0.25) is 0 Å². The Kier molecular flexibility index (Phi) is 8.07. The lowest BCUT2D eigenvalue weighted by Gasteiger charge is -2.04. The van der Waals surface area contributed by atoms with Crippen LogP contribution in [0.15, 0.2) is 52.4 Å². The molecule has 2 aromatic carbocycles. The lowest BCUT2D eigenvalue weighted by atomic mass is 10.2. The number of hydrogen-bond donors (Lipinski definition) is 0. The molecule has 1 aromatic heterocycles. The molecular weight excluding hydrogens is 452 g/mol. The molecule has 32 heavy (non-hydrogen) atoms. The predicted molar refractivity (Wildman–Crippen MR) is 122 cm³/mol. The first-order chi connectivity index (χ1) is 15.4. The summed E-state index contributed by atoms with van der Waals surface area (Å²) in [6, 6.07) is 12.5. The fourth-order valence-corrected chi connectivity index (χ4v) is 4.77. The fourth-order valence-electron chi connectivity index (χ4n) is 2.84. The van der Waals surface area contributed by atoms with Crippen LogP contribution in [0.25, 0.3) is 10.2 Å². The van der Waals surface area contributed by atoms with E-state index in [-0.39, 0.29) is 18.9 Å². The molecule has 168 valence electrons. The van der Waals surface area contributed by atoms with Gasteiger partial charge in [-0.3, -0.25) is 9.59 Å². The van der Waals surface area contributed by atoms with Crippen molar-refractivity contribution in [3.63, 3.8) is 0 Å². The Morgan fingerprint density at radius 2 is 1.78 bits per heavy atom. The molecule has 8 nitrogen and oxygen atoms in total. The molecule has 0 spiro atoms. The average Bonchev–Trinajstić information content (AvgIpc) is 3.14. The number of amides is 1. The van der Waals surface area contributed by atoms with Gasteiger partial charge < -0.3 is 18.8 Å². The molecule has 0 aliphatic heterocycles. The van der Waals surface area contributed by atoms with Gasteiger partial charge in [0, 0.05) is 17.1 Å². The number of thioether (sulfide) groups is 1. The smallest absolute Gasteiger partial charge is 0.337 e. The monoisotopic (exact) mass is 474 g/mol. The van der Waals surface area contributed by atoms with Gasteiger partial charge in [-0.05, 0) is 42.5 Å². The second-order valence-corrected chi connectivity index (χ2v) is 8.68. The molecule has 1 amide bonds.